The van der Waals surface area contributed by atoms with Gasteiger partial charge in [0.05, 0.1) is 4.88 Å². The van der Waals surface area contributed by atoms with Crippen LogP contribution in [0.2, 0.25) is 0 Å². The lowest BCUT2D eigenvalue weighted by Gasteiger charge is -2.32. The van der Waals surface area contributed by atoms with Crippen molar-refractivity contribution in [1.82, 2.24) is 10.2 Å². The molecule has 124 valence electrons. The maximum atomic E-state index is 13.4. The molecule has 0 spiro atoms. The molecule has 1 saturated heterocycles. The van der Waals surface area contributed by atoms with Gasteiger partial charge in [-0.05, 0) is 61.9 Å². The summed E-state index contributed by atoms with van der Waals surface area (Å²) in [5.74, 6) is -0.272. The summed E-state index contributed by atoms with van der Waals surface area (Å²) >= 11 is 1.45. The first-order valence-corrected chi connectivity index (χ1v) is 9.12. The van der Waals surface area contributed by atoms with Gasteiger partial charge in [-0.2, -0.15) is 0 Å². The standard InChI is InChI=1S/C18H23FN2OS/c1-3-8-21-9-6-14(7-10-21)20-18(22)17-12(2)15-11-13(19)4-5-16(15)23-17/h4-5,11,14H,3,6-10H2,1-2H3,(H,20,22). The molecule has 0 radical (unpaired) electrons. The molecule has 0 atom stereocenters. The number of fused-ring (bicyclic) bond motifs is 1. The lowest BCUT2D eigenvalue weighted by molar-refractivity contribution is 0.0915. The Morgan fingerprint density at radius 2 is 2.13 bits per heavy atom. The number of nitrogens with one attached hydrogen (secondary N) is 1. The molecule has 0 aliphatic carbocycles. The maximum absolute atomic E-state index is 13.4. The number of hydrogen-bond donors (Lipinski definition) is 1. The third-order valence-electron chi connectivity index (χ3n) is 4.57. The predicted molar refractivity (Wildman–Crippen MR) is 93.7 cm³/mol. The van der Waals surface area contributed by atoms with Gasteiger partial charge in [-0.15, -0.1) is 11.3 Å². The normalized spacial score (nSPS) is 16.8. The van der Waals surface area contributed by atoms with Crippen LogP contribution in [-0.2, 0) is 0 Å². The fraction of sp³-hybridized carbons (Fsp3) is 0.500. The van der Waals surface area contributed by atoms with E-state index in [1.807, 2.05) is 6.92 Å². The first-order chi connectivity index (χ1) is 11.1. The number of benzene rings is 1. The second-order valence-electron chi connectivity index (χ2n) is 6.29. The van der Waals surface area contributed by atoms with Gasteiger partial charge in [-0.3, -0.25) is 4.79 Å². The van der Waals surface area contributed by atoms with E-state index in [1.165, 1.54) is 29.9 Å². The highest BCUT2D eigenvalue weighted by molar-refractivity contribution is 7.21. The van der Waals surface area contributed by atoms with Gasteiger partial charge in [0.2, 0.25) is 0 Å². The zero-order valence-corrected chi connectivity index (χ0v) is 14.5. The summed E-state index contributed by atoms with van der Waals surface area (Å²) in [4.78, 5) is 15.8. The van der Waals surface area contributed by atoms with Crippen LogP contribution in [-0.4, -0.2) is 36.5 Å². The Bertz CT molecular complexity index is 704. The van der Waals surface area contributed by atoms with Crippen molar-refractivity contribution in [3.05, 3.63) is 34.5 Å². The highest BCUT2D eigenvalue weighted by Gasteiger charge is 2.22. The summed E-state index contributed by atoms with van der Waals surface area (Å²) in [7, 11) is 0. The number of piperidine rings is 1. The molecular formula is C18H23FN2OS. The topological polar surface area (TPSA) is 32.3 Å². The van der Waals surface area contributed by atoms with E-state index in [-0.39, 0.29) is 17.8 Å². The smallest absolute Gasteiger partial charge is 0.261 e. The van der Waals surface area contributed by atoms with Crippen LogP contribution < -0.4 is 5.32 Å². The van der Waals surface area contributed by atoms with Gasteiger partial charge in [-0.25, -0.2) is 4.39 Å². The second-order valence-corrected chi connectivity index (χ2v) is 7.34. The van der Waals surface area contributed by atoms with E-state index in [4.69, 9.17) is 0 Å². The second kappa shape index (κ2) is 6.97. The molecule has 1 aliphatic heterocycles. The van der Waals surface area contributed by atoms with Crippen molar-refractivity contribution >= 4 is 27.3 Å². The summed E-state index contributed by atoms with van der Waals surface area (Å²) in [6, 6.07) is 4.96. The number of carbonyl (C=O) groups is 1. The highest BCUT2D eigenvalue weighted by atomic mass is 32.1. The number of amides is 1. The van der Waals surface area contributed by atoms with Gasteiger partial charge in [0.1, 0.15) is 5.82 Å². The molecule has 0 bridgehead atoms. The number of halogens is 1. The van der Waals surface area contributed by atoms with E-state index in [0.717, 1.165) is 48.1 Å². The van der Waals surface area contributed by atoms with E-state index < -0.39 is 0 Å². The number of aryl methyl sites for hydroxylation is 1. The summed E-state index contributed by atoms with van der Waals surface area (Å²) in [6.07, 6.45) is 3.18. The molecule has 1 aliphatic rings. The van der Waals surface area contributed by atoms with Crippen LogP contribution in [0.25, 0.3) is 10.1 Å². The molecule has 2 aromatic rings. The van der Waals surface area contributed by atoms with Crippen LogP contribution in [0.3, 0.4) is 0 Å². The average molecular weight is 334 g/mol. The predicted octanol–water partition coefficient (Wildman–Crippen LogP) is 3.95. The molecule has 1 fully saturated rings. The largest absolute Gasteiger partial charge is 0.349 e. The minimum absolute atomic E-state index is 0.0157. The molecule has 1 amide bonds. The Labute approximate surface area is 140 Å². The van der Waals surface area contributed by atoms with Crippen molar-refractivity contribution in [3.8, 4) is 0 Å². The fourth-order valence-electron chi connectivity index (χ4n) is 3.28. The minimum atomic E-state index is -0.256. The Morgan fingerprint density at radius 1 is 1.39 bits per heavy atom. The molecule has 3 nitrogen and oxygen atoms in total. The van der Waals surface area contributed by atoms with Crippen molar-refractivity contribution < 1.29 is 9.18 Å². The summed E-state index contributed by atoms with van der Waals surface area (Å²) < 4.78 is 14.4. The number of hydrogen-bond acceptors (Lipinski definition) is 3. The number of carbonyl (C=O) groups excluding carboxylic acids is 1. The molecule has 1 N–H and O–H groups in total. The van der Waals surface area contributed by atoms with Crippen LogP contribution in [0.1, 0.15) is 41.4 Å². The molecular weight excluding hydrogens is 311 g/mol. The lowest BCUT2D eigenvalue weighted by atomic mass is 10.0. The Morgan fingerprint density at radius 3 is 2.83 bits per heavy atom. The highest BCUT2D eigenvalue weighted by Crippen LogP contribution is 2.31. The Kier molecular flexibility index (Phi) is 4.97. The Balaban J connectivity index is 1.68. The van der Waals surface area contributed by atoms with E-state index in [9.17, 15) is 9.18 Å². The molecule has 1 aromatic heterocycles. The molecule has 2 heterocycles. The fourth-order valence-corrected chi connectivity index (χ4v) is 4.37. The molecule has 5 heteroatoms. The van der Waals surface area contributed by atoms with Crippen LogP contribution in [0, 0.1) is 12.7 Å². The van der Waals surface area contributed by atoms with E-state index in [0.29, 0.717) is 4.88 Å². The van der Waals surface area contributed by atoms with E-state index in [1.54, 1.807) is 6.07 Å². The number of nitrogens with zero attached hydrogens (tertiary/aromatic N) is 1. The van der Waals surface area contributed by atoms with Crippen molar-refractivity contribution in [2.75, 3.05) is 19.6 Å². The van der Waals surface area contributed by atoms with Crippen molar-refractivity contribution in [3.63, 3.8) is 0 Å². The van der Waals surface area contributed by atoms with Crippen LogP contribution in [0.5, 0.6) is 0 Å². The van der Waals surface area contributed by atoms with Crippen molar-refractivity contribution in [2.45, 2.75) is 39.2 Å². The van der Waals surface area contributed by atoms with E-state index in [2.05, 4.69) is 17.1 Å². The van der Waals surface area contributed by atoms with Crippen LogP contribution in [0.4, 0.5) is 4.39 Å². The molecule has 3 rings (SSSR count). The number of thiophene rings is 1. The summed E-state index contributed by atoms with van der Waals surface area (Å²) in [5, 5.41) is 4.01. The first-order valence-electron chi connectivity index (χ1n) is 8.30. The molecule has 1 aromatic carbocycles. The van der Waals surface area contributed by atoms with Crippen molar-refractivity contribution in [1.29, 1.82) is 0 Å². The van der Waals surface area contributed by atoms with Gasteiger partial charge >= 0.3 is 0 Å². The minimum Gasteiger partial charge on any atom is -0.349 e. The molecule has 0 unspecified atom stereocenters. The summed E-state index contributed by atoms with van der Waals surface area (Å²) in [5.41, 5.74) is 0.880. The zero-order chi connectivity index (χ0) is 16.4. The SMILES string of the molecule is CCCN1CCC(NC(=O)c2sc3ccc(F)cc3c2C)CC1. The van der Waals surface area contributed by atoms with E-state index >= 15 is 0 Å². The van der Waals surface area contributed by atoms with Gasteiger partial charge in [-0.1, -0.05) is 6.92 Å². The quantitative estimate of drug-likeness (QED) is 0.918. The average Bonchev–Trinajstić information content (AvgIpc) is 2.86. The maximum Gasteiger partial charge on any atom is 0.261 e. The van der Waals surface area contributed by atoms with Gasteiger partial charge in [0.15, 0.2) is 0 Å². The first kappa shape index (κ1) is 16.4. The Hall–Kier alpha value is -1.46. The molecule has 0 saturated carbocycles. The number of likely N-dealkylation sites (tertiary alicyclic amines) is 1. The zero-order valence-electron chi connectivity index (χ0n) is 13.7. The van der Waals surface area contributed by atoms with Crippen molar-refractivity contribution in [2.24, 2.45) is 0 Å². The van der Waals surface area contributed by atoms with Gasteiger partial charge in [0, 0.05) is 23.8 Å². The third kappa shape index (κ3) is 3.56. The van der Waals surface area contributed by atoms with Gasteiger partial charge < -0.3 is 10.2 Å². The van der Waals surface area contributed by atoms with Gasteiger partial charge in [0.25, 0.3) is 5.91 Å². The van der Waals surface area contributed by atoms with Crippen LogP contribution in [0.15, 0.2) is 18.2 Å². The molecule has 23 heavy (non-hydrogen) atoms. The van der Waals surface area contributed by atoms with Crippen LogP contribution >= 0.6 is 11.3 Å². The number of rotatable bonds is 4. The summed E-state index contributed by atoms with van der Waals surface area (Å²) in [6.45, 7) is 7.34. The lowest BCUT2D eigenvalue weighted by Crippen LogP contribution is -2.44. The monoisotopic (exact) mass is 334 g/mol. The third-order valence-corrected chi connectivity index (χ3v) is 5.84.